The molecule has 0 aliphatic carbocycles. The van der Waals surface area contributed by atoms with Crippen LogP contribution in [0.4, 0.5) is 10.3 Å². The summed E-state index contributed by atoms with van der Waals surface area (Å²) in [4.78, 5) is 30.8. The highest BCUT2D eigenvalue weighted by molar-refractivity contribution is 7.17. The lowest BCUT2D eigenvalue weighted by molar-refractivity contribution is -0.142. The van der Waals surface area contributed by atoms with E-state index in [1.54, 1.807) is 18.2 Å². The van der Waals surface area contributed by atoms with Gasteiger partial charge in [-0.25, -0.2) is 13.9 Å². The number of halogens is 1. The van der Waals surface area contributed by atoms with Gasteiger partial charge in [-0.15, -0.1) is 11.3 Å². The molecular formula is C18H16FN3O3S. The van der Waals surface area contributed by atoms with Crippen molar-refractivity contribution in [1.29, 1.82) is 0 Å². The maximum absolute atomic E-state index is 13.3. The molecule has 1 fully saturated rings. The minimum absolute atomic E-state index is 0.202. The number of aromatic nitrogens is 2. The Morgan fingerprint density at radius 1 is 1.19 bits per heavy atom. The summed E-state index contributed by atoms with van der Waals surface area (Å²) in [5.41, 5.74) is 0.954. The van der Waals surface area contributed by atoms with Crippen molar-refractivity contribution in [3.63, 3.8) is 0 Å². The summed E-state index contributed by atoms with van der Waals surface area (Å²) in [6.45, 7) is 1.00. The molecule has 3 heterocycles. The van der Waals surface area contributed by atoms with Gasteiger partial charge in [0.1, 0.15) is 10.5 Å². The highest BCUT2D eigenvalue weighted by atomic mass is 32.1. The minimum atomic E-state index is -0.790. The molecule has 0 atom stereocenters. The molecular weight excluding hydrogens is 357 g/mol. The molecule has 1 aliphatic rings. The largest absolute Gasteiger partial charge is 0.481 e. The number of rotatable bonds is 3. The van der Waals surface area contributed by atoms with Gasteiger partial charge in [0.05, 0.1) is 17.1 Å². The van der Waals surface area contributed by atoms with Crippen molar-refractivity contribution in [3.8, 4) is 5.69 Å². The van der Waals surface area contributed by atoms with E-state index in [-0.39, 0.29) is 17.3 Å². The fraction of sp³-hybridized carbons (Fsp3) is 0.278. The zero-order valence-corrected chi connectivity index (χ0v) is 14.6. The number of carboxylic acid groups (broad SMARTS) is 1. The number of anilines is 1. The van der Waals surface area contributed by atoms with Crippen molar-refractivity contribution in [1.82, 2.24) is 9.55 Å². The second-order valence-corrected chi connectivity index (χ2v) is 7.18. The number of benzene rings is 1. The highest BCUT2D eigenvalue weighted by Gasteiger charge is 2.27. The molecule has 0 bridgehead atoms. The van der Waals surface area contributed by atoms with Crippen LogP contribution in [0.3, 0.4) is 0 Å². The Labute approximate surface area is 152 Å². The molecule has 1 aliphatic heterocycles. The number of nitrogens with zero attached hydrogens (tertiary/aromatic N) is 3. The Morgan fingerprint density at radius 2 is 1.88 bits per heavy atom. The van der Waals surface area contributed by atoms with Crippen LogP contribution in [0.5, 0.6) is 0 Å². The first-order valence-electron chi connectivity index (χ1n) is 8.28. The number of piperidine rings is 1. The topological polar surface area (TPSA) is 75.4 Å². The van der Waals surface area contributed by atoms with Crippen LogP contribution in [0.25, 0.3) is 15.9 Å². The number of hydrogen-bond donors (Lipinski definition) is 1. The molecule has 0 spiro atoms. The Kier molecular flexibility index (Phi) is 4.20. The molecule has 26 heavy (non-hydrogen) atoms. The molecule has 4 rings (SSSR count). The van der Waals surface area contributed by atoms with Crippen LogP contribution >= 0.6 is 11.3 Å². The maximum Gasteiger partial charge on any atom is 0.306 e. The van der Waals surface area contributed by atoms with Crippen LogP contribution in [-0.4, -0.2) is 33.7 Å². The van der Waals surface area contributed by atoms with E-state index in [9.17, 15) is 19.1 Å². The van der Waals surface area contributed by atoms with Crippen LogP contribution in [0.2, 0.25) is 0 Å². The summed E-state index contributed by atoms with van der Waals surface area (Å²) in [7, 11) is 0. The fourth-order valence-electron chi connectivity index (χ4n) is 3.26. The monoisotopic (exact) mass is 373 g/mol. The molecule has 6 nitrogen and oxygen atoms in total. The number of thiophene rings is 1. The Balaban J connectivity index is 1.83. The zero-order valence-electron chi connectivity index (χ0n) is 13.8. The van der Waals surface area contributed by atoms with Crippen LogP contribution in [-0.2, 0) is 4.79 Å². The van der Waals surface area contributed by atoms with Gasteiger partial charge in [0.2, 0.25) is 5.95 Å². The Hall–Kier alpha value is -2.74. The molecule has 0 saturated carbocycles. The van der Waals surface area contributed by atoms with E-state index in [1.807, 2.05) is 10.3 Å². The van der Waals surface area contributed by atoms with E-state index in [4.69, 9.17) is 0 Å². The molecule has 1 saturated heterocycles. The van der Waals surface area contributed by atoms with Crippen molar-refractivity contribution >= 4 is 33.5 Å². The summed E-state index contributed by atoms with van der Waals surface area (Å²) in [6, 6.07) is 7.50. The van der Waals surface area contributed by atoms with Crippen molar-refractivity contribution in [2.24, 2.45) is 5.92 Å². The fourth-order valence-corrected chi connectivity index (χ4v) is 4.02. The van der Waals surface area contributed by atoms with Crippen molar-refractivity contribution < 1.29 is 14.3 Å². The second kappa shape index (κ2) is 6.53. The van der Waals surface area contributed by atoms with Gasteiger partial charge in [0.25, 0.3) is 5.56 Å². The molecule has 1 N–H and O–H groups in total. The SMILES string of the molecule is O=C(O)C1CCN(c2nc3ccsc3c(=O)n2-c2ccc(F)cc2)CC1. The number of aliphatic carboxylic acids is 1. The van der Waals surface area contributed by atoms with Gasteiger partial charge in [-0.2, -0.15) is 0 Å². The lowest BCUT2D eigenvalue weighted by Crippen LogP contribution is -2.40. The van der Waals surface area contributed by atoms with Crippen molar-refractivity contribution in [2.75, 3.05) is 18.0 Å². The molecule has 8 heteroatoms. The third kappa shape index (κ3) is 2.86. The Morgan fingerprint density at radius 3 is 2.54 bits per heavy atom. The van der Waals surface area contributed by atoms with Gasteiger partial charge < -0.3 is 10.0 Å². The Bertz CT molecular complexity index is 1020. The highest BCUT2D eigenvalue weighted by Crippen LogP contribution is 2.26. The van der Waals surface area contributed by atoms with Crippen molar-refractivity contribution in [2.45, 2.75) is 12.8 Å². The summed E-state index contributed by atoms with van der Waals surface area (Å²) in [5.74, 6) is -1.07. The smallest absolute Gasteiger partial charge is 0.306 e. The summed E-state index contributed by atoms with van der Waals surface area (Å²) in [6.07, 6.45) is 0.993. The maximum atomic E-state index is 13.3. The predicted molar refractivity (Wildman–Crippen MR) is 97.7 cm³/mol. The zero-order chi connectivity index (χ0) is 18.3. The van der Waals surface area contributed by atoms with Gasteiger partial charge in [0, 0.05) is 13.1 Å². The third-order valence-electron chi connectivity index (χ3n) is 4.67. The first kappa shape index (κ1) is 16.7. The summed E-state index contributed by atoms with van der Waals surface area (Å²) < 4.78 is 15.3. The average molecular weight is 373 g/mol. The first-order chi connectivity index (χ1) is 12.5. The molecule has 2 aromatic heterocycles. The van der Waals surface area contributed by atoms with Crippen LogP contribution in [0, 0.1) is 11.7 Å². The van der Waals surface area contributed by atoms with Gasteiger partial charge >= 0.3 is 5.97 Å². The van der Waals surface area contributed by atoms with Crippen LogP contribution < -0.4 is 10.5 Å². The number of fused-ring (bicyclic) bond motifs is 1. The molecule has 0 amide bonds. The van der Waals surface area contributed by atoms with Gasteiger partial charge in [-0.05, 0) is 48.6 Å². The van der Waals surface area contributed by atoms with Crippen LogP contribution in [0.15, 0.2) is 40.5 Å². The second-order valence-electron chi connectivity index (χ2n) is 6.26. The normalized spacial score (nSPS) is 15.5. The standard InChI is InChI=1S/C18H16FN3O3S/c19-12-1-3-13(4-2-12)22-16(23)15-14(7-10-26-15)20-18(22)21-8-5-11(6-9-21)17(24)25/h1-4,7,10-11H,5-6,8-9H2,(H,24,25). The number of carbonyl (C=O) groups is 1. The quantitative estimate of drug-likeness (QED) is 0.764. The van der Waals surface area contributed by atoms with E-state index in [0.29, 0.717) is 47.8 Å². The predicted octanol–water partition coefficient (Wildman–Crippen LogP) is 2.89. The lowest BCUT2D eigenvalue weighted by atomic mass is 9.97. The minimum Gasteiger partial charge on any atom is -0.481 e. The first-order valence-corrected chi connectivity index (χ1v) is 9.16. The molecule has 1 aromatic carbocycles. The van der Waals surface area contributed by atoms with Crippen molar-refractivity contribution in [3.05, 3.63) is 51.9 Å². The van der Waals surface area contributed by atoms with E-state index in [0.717, 1.165) is 0 Å². The number of hydrogen-bond acceptors (Lipinski definition) is 5. The number of carboxylic acids is 1. The van der Waals surface area contributed by atoms with Crippen LogP contribution in [0.1, 0.15) is 12.8 Å². The summed E-state index contributed by atoms with van der Waals surface area (Å²) >= 11 is 1.32. The molecule has 3 aromatic rings. The van der Waals surface area contributed by atoms with E-state index in [2.05, 4.69) is 4.98 Å². The molecule has 0 radical (unpaired) electrons. The van der Waals surface area contributed by atoms with E-state index < -0.39 is 5.97 Å². The van der Waals surface area contributed by atoms with E-state index >= 15 is 0 Å². The molecule has 0 unspecified atom stereocenters. The van der Waals surface area contributed by atoms with E-state index in [1.165, 1.54) is 28.0 Å². The lowest BCUT2D eigenvalue weighted by Gasteiger charge is -2.32. The van der Waals surface area contributed by atoms with Gasteiger partial charge in [-0.3, -0.25) is 9.59 Å². The van der Waals surface area contributed by atoms with Gasteiger partial charge in [0.15, 0.2) is 0 Å². The average Bonchev–Trinajstić information content (AvgIpc) is 3.12. The van der Waals surface area contributed by atoms with Gasteiger partial charge in [-0.1, -0.05) is 0 Å². The third-order valence-corrected chi connectivity index (χ3v) is 5.57. The summed E-state index contributed by atoms with van der Waals surface area (Å²) in [5, 5.41) is 11.0. The molecule has 134 valence electrons.